The topological polar surface area (TPSA) is 39.1 Å². The maximum absolute atomic E-state index is 9.31. The van der Waals surface area contributed by atoms with E-state index in [1.807, 2.05) is 6.92 Å². The van der Waals surface area contributed by atoms with Crippen LogP contribution in [0.5, 0.6) is 0 Å². The molecule has 0 saturated carbocycles. The predicted octanol–water partition coefficient (Wildman–Crippen LogP) is 3.88. The summed E-state index contributed by atoms with van der Waals surface area (Å²) in [6.07, 6.45) is 4.14. The van der Waals surface area contributed by atoms with Gasteiger partial charge in [0.25, 0.3) is 0 Å². The predicted molar refractivity (Wildman–Crippen MR) is 90.6 cm³/mol. The molecule has 21 heavy (non-hydrogen) atoms. The van der Waals surface area contributed by atoms with Gasteiger partial charge in [-0.15, -0.1) is 0 Å². The Kier molecular flexibility index (Phi) is 7.25. The molecule has 1 aromatic rings. The number of hydrogen-bond acceptors (Lipinski definition) is 3. The molecule has 0 aliphatic rings. The molecule has 0 bridgehead atoms. The number of unbranched alkanes of at least 4 members (excludes halogenated alkanes) is 1. The Bertz CT molecular complexity index is 464. The number of rotatable bonds is 9. The van der Waals surface area contributed by atoms with Gasteiger partial charge in [-0.1, -0.05) is 19.1 Å². The van der Waals surface area contributed by atoms with Crippen molar-refractivity contribution in [2.75, 3.05) is 25.0 Å². The Morgan fingerprint density at radius 3 is 2.71 bits per heavy atom. The van der Waals surface area contributed by atoms with Gasteiger partial charge < -0.3 is 4.90 Å². The number of aryl methyl sites for hydroxylation is 1. The SMILES string of the molecule is CCCNC(C)(C#N)CCCCN(C)c1cccc(C)c1. The molecular weight excluding hydrogens is 258 g/mol. The molecular formula is C18H29N3. The summed E-state index contributed by atoms with van der Waals surface area (Å²) in [7, 11) is 2.13. The Morgan fingerprint density at radius 2 is 2.10 bits per heavy atom. The van der Waals surface area contributed by atoms with Crippen LogP contribution in [0.1, 0.15) is 45.1 Å². The first-order chi connectivity index (χ1) is 10.0. The number of nitrogens with zero attached hydrogens (tertiary/aromatic N) is 2. The number of nitriles is 1. The molecule has 0 aromatic heterocycles. The van der Waals surface area contributed by atoms with Gasteiger partial charge in [0.05, 0.1) is 6.07 Å². The van der Waals surface area contributed by atoms with E-state index in [9.17, 15) is 5.26 Å². The second-order valence-electron chi connectivity index (χ2n) is 6.09. The average molecular weight is 287 g/mol. The second-order valence-corrected chi connectivity index (χ2v) is 6.09. The van der Waals surface area contributed by atoms with Crippen molar-refractivity contribution in [2.24, 2.45) is 0 Å². The van der Waals surface area contributed by atoms with E-state index in [4.69, 9.17) is 0 Å². The van der Waals surface area contributed by atoms with Crippen LogP contribution in [0.2, 0.25) is 0 Å². The van der Waals surface area contributed by atoms with E-state index in [0.29, 0.717) is 0 Å². The highest BCUT2D eigenvalue weighted by atomic mass is 15.1. The maximum Gasteiger partial charge on any atom is 0.103 e. The molecule has 0 fully saturated rings. The van der Waals surface area contributed by atoms with E-state index in [2.05, 4.69) is 61.4 Å². The molecule has 3 nitrogen and oxygen atoms in total. The highest BCUT2D eigenvalue weighted by Crippen LogP contribution is 2.17. The van der Waals surface area contributed by atoms with Gasteiger partial charge in [-0.25, -0.2) is 0 Å². The van der Waals surface area contributed by atoms with Gasteiger partial charge in [0.1, 0.15) is 5.54 Å². The van der Waals surface area contributed by atoms with Crippen molar-refractivity contribution in [1.29, 1.82) is 5.26 Å². The minimum atomic E-state index is -0.377. The number of benzene rings is 1. The molecule has 0 spiro atoms. The summed E-state index contributed by atoms with van der Waals surface area (Å²) in [5, 5.41) is 12.7. The molecule has 1 aromatic carbocycles. The highest BCUT2D eigenvalue weighted by molar-refractivity contribution is 5.47. The molecule has 1 N–H and O–H groups in total. The standard InChI is InChI=1S/C18H29N3/c1-5-12-20-18(3,15-19)11-6-7-13-21(4)17-10-8-9-16(2)14-17/h8-10,14,20H,5-7,11-13H2,1-4H3. The fourth-order valence-corrected chi connectivity index (χ4v) is 2.41. The smallest absolute Gasteiger partial charge is 0.103 e. The summed E-state index contributed by atoms with van der Waals surface area (Å²) in [6, 6.07) is 11.0. The van der Waals surface area contributed by atoms with Crippen LogP contribution in [-0.4, -0.2) is 25.7 Å². The summed E-state index contributed by atoms with van der Waals surface area (Å²) < 4.78 is 0. The van der Waals surface area contributed by atoms with Crippen LogP contribution in [-0.2, 0) is 0 Å². The Morgan fingerprint density at radius 1 is 1.33 bits per heavy atom. The summed E-state index contributed by atoms with van der Waals surface area (Å²) in [6.45, 7) is 8.19. The van der Waals surface area contributed by atoms with E-state index < -0.39 is 0 Å². The normalized spacial score (nSPS) is 13.5. The second kappa shape index (κ2) is 8.69. The van der Waals surface area contributed by atoms with E-state index in [1.165, 1.54) is 11.3 Å². The first-order valence-electron chi connectivity index (χ1n) is 7.95. The molecule has 0 radical (unpaired) electrons. The lowest BCUT2D eigenvalue weighted by molar-refractivity contribution is 0.403. The van der Waals surface area contributed by atoms with Crippen molar-refractivity contribution >= 4 is 5.69 Å². The van der Waals surface area contributed by atoms with Crippen molar-refractivity contribution in [2.45, 2.75) is 52.0 Å². The molecule has 116 valence electrons. The van der Waals surface area contributed by atoms with E-state index in [0.717, 1.165) is 38.8 Å². The summed E-state index contributed by atoms with van der Waals surface area (Å²) in [5.74, 6) is 0. The zero-order valence-electron chi connectivity index (χ0n) is 13.9. The quantitative estimate of drug-likeness (QED) is 0.700. The first kappa shape index (κ1) is 17.5. The fourth-order valence-electron chi connectivity index (χ4n) is 2.41. The third kappa shape index (κ3) is 6.18. The van der Waals surface area contributed by atoms with Crippen LogP contribution >= 0.6 is 0 Å². The van der Waals surface area contributed by atoms with Gasteiger partial charge in [-0.05, 0) is 63.8 Å². The van der Waals surface area contributed by atoms with Crippen molar-refractivity contribution in [3.05, 3.63) is 29.8 Å². The lowest BCUT2D eigenvalue weighted by atomic mass is 9.96. The van der Waals surface area contributed by atoms with Crippen LogP contribution in [0, 0.1) is 18.3 Å². The van der Waals surface area contributed by atoms with Gasteiger partial charge in [0.2, 0.25) is 0 Å². The fraction of sp³-hybridized carbons (Fsp3) is 0.611. The van der Waals surface area contributed by atoms with Gasteiger partial charge in [-0.2, -0.15) is 5.26 Å². The van der Waals surface area contributed by atoms with Crippen molar-refractivity contribution in [3.8, 4) is 6.07 Å². The van der Waals surface area contributed by atoms with Crippen LogP contribution in [0.25, 0.3) is 0 Å². The molecule has 3 heteroatoms. The first-order valence-corrected chi connectivity index (χ1v) is 7.95. The van der Waals surface area contributed by atoms with Crippen LogP contribution in [0.3, 0.4) is 0 Å². The van der Waals surface area contributed by atoms with Crippen LogP contribution in [0.4, 0.5) is 5.69 Å². The highest BCUT2D eigenvalue weighted by Gasteiger charge is 2.21. The molecule has 0 saturated heterocycles. The third-order valence-electron chi connectivity index (χ3n) is 3.87. The summed E-state index contributed by atoms with van der Waals surface area (Å²) in [5.41, 5.74) is 2.18. The molecule has 0 aliphatic heterocycles. The van der Waals surface area contributed by atoms with Gasteiger partial charge >= 0.3 is 0 Å². The van der Waals surface area contributed by atoms with Gasteiger partial charge in [0.15, 0.2) is 0 Å². The van der Waals surface area contributed by atoms with Gasteiger partial charge in [0, 0.05) is 19.3 Å². The number of hydrogen-bond donors (Lipinski definition) is 1. The van der Waals surface area contributed by atoms with E-state index in [1.54, 1.807) is 0 Å². The minimum absolute atomic E-state index is 0.377. The largest absolute Gasteiger partial charge is 0.375 e. The summed E-state index contributed by atoms with van der Waals surface area (Å²) >= 11 is 0. The van der Waals surface area contributed by atoms with Crippen molar-refractivity contribution in [3.63, 3.8) is 0 Å². The molecule has 1 atom stereocenters. The number of anilines is 1. The van der Waals surface area contributed by atoms with E-state index >= 15 is 0 Å². The molecule has 0 aliphatic carbocycles. The van der Waals surface area contributed by atoms with Crippen LogP contribution in [0.15, 0.2) is 24.3 Å². The van der Waals surface area contributed by atoms with Crippen LogP contribution < -0.4 is 10.2 Å². The number of nitrogens with one attached hydrogen (secondary N) is 1. The average Bonchev–Trinajstić information content (AvgIpc) is 2.49. The third-order valence-corrected chi connectivity index (χ3v) is 3.87. The molecule has 0 amide bonds. The lowest BCUT2D eigenvalue weighted by Crippen LogP contribution is -2.41. The Labute approximate surface area is 130 Å². The monoisotopic (exact) mass is 287 g/mol. The summed E-state index contributed by atoms with van der Waals surface area (Å²) in [4.78, 5) is 2.29. The van der Waals surface area contributed by atoms with E-state index in [-0.39, 0.29) is 5.54 Å². The van der Waals surface area contributed by atoms with Crippen molar-refractivity contribution in [1.82, 2.24) is 5.32 Å². The molecule has 0 heterocycles. The minimum Gasteiger partial charge on any atom is -0.375 e. The maximum atomic E-state index is 9.31. The Hall–Kier alpha value is -1.53. The van der Waals surface area contributed by atoms with Crippen molar-refractivity contribution < 1.29 is 0 Å². The zero-order valence-corrected chi connectivity index (χ0v) is 13.9. The van der Waals surface area contributed by atoms with Gasteiger partial charge in [-0.3, -0.25) is 5.32 Å². The Balaban J connectivity index is 2.35. The zero-order chi connectivity index (χ0) is 15.7. The molecule has 1 rings (SSSR count). The molecule has 1 unspecified atom stereocenters. The lowest BCUT2D eigenvalue weighted by Gasteiger charge is -2.24.